The van der Waals surface area contributed by atoms with E-state index in [1.807, 2.05) is 6.07 Å². The Morgan fingerprint density at radius 1 is 1.17 bits per heavy atom. The number of ether oxygens (including phenoxy) is 3. The molecule has 9 heteroatoms. The number of hydrogen-bond acceptors (Lipinski definition) is 6. The van der Waals surface area contributed by atoms with Crippen LogP contribution in [-0.4, -0.2) is 72.5 Å². The van der Waals surface area contributed by atoms with Crippen LogP contribution in [0.4, 0.5) is 0 Å². The number of likely N-dealkylation sites (tertiary alicyclic amines) is 1. The topological polar surface area (TPSA) is 137 Å². The fourth-order valence-corrected chi connectivity index (χ4v) is 5.10. The van der Waals surface area contributed by atoms with Gasteiger partial charge < -0.3 is 29.9 Å². The van der Waals surface area contributed by atoms with Crippen molar-refractivity contribution >= 4 is 11.9 Å². The van der Waals surface area contributed by atoms with E-state index in [1.165, 1.54) is 16.7 Å². The van der Waals surface area contributed by atoms with E-state index in [-0.39, 0.29) is 17.0 Å². The third kappa shape index (κ3) is 2.85. The number of benzene rings is 1. The number of methoxy groups -OCH3 is 2. The second kappa shape index (κ2) is 7.66. The molecule has 2 aliphatic carbocycles. The number of rotatable bonds is 2. The fraction of sp³-hybridized carbons (Fsp3) is 0.429. The molecule has 1 spiro atoms. The van der Waals surface area contributed by atoms with E-state index in [4.69, 9.17) is 34.0 Å². The summed E-state index contributed by atoms with van der Waals surface area (Å²) in [7, 11) is 5.68. The molecule has 4 N–H and O–H groups in total. The Balaban J connectivity index is 0.000000325. The summed E-state index contributed by atoms with van der Waals surface area (Å²) < 4.78 is 17.7. The SMILES string of the molecule is COC1=CC=C2[C@H]3Cc4ccc(OC)c5c4[C@@]2(CCN3C)[C@H]1O5.O.O=C(O)C(=O)O. The first-order valence-corrected chi connectivity index (χ1v) is 9.34. The van der Waals surface area contributed by atoms with Crippen LogP contribution >= 0.6 is 0 Å². The van der Waals surface area contributed by atoms with E-state index in [9.17, 15) is 0 Å². The Bertz CT molecular complexity index is 941. The van der Waals surface area contributed by atoms with E-state index in [2.05, 4.69) is 30.2 Å². The molecule has 1 saturated heterocycles. The summed E-state index contributed by atoms with van der Waals surface area (Å²) in [5.74, 6) is -0.971. The summed E-state index contributed by atoms with van der Waals surface area (Å²) in [5.41, 5.74) is 4.15. The number of nitrogens with zero attached hydrogens (tertiary/aromatic N) is 1. The zero-order valence-electron chi connectivity index (χ0n) is 17.0. The highest BCUT2D eigenvalue weighted by Gasteiger charge is 2.61. The van der Waals surface area contributed by atoms with Crippen LogP contribution in [0.25, 0.3) is 0 Å². The molecule has 0 unspecified atom stereocenters. The summed E-state index contributed by atoms with van der Waals surface area (Å²) in [6.45, 7) is 1.08. The number of carboxylic acids is 2. The van der Waals surface area contributed by atoms with Crippen molar-refractivity contribution in [3.05, 3.63) is 46.7 Å². The standard InChI is InChI=1S/C19H21NO3.C2H2O4.H2O/c1-20-9-8-19-12-5-7-15(22-3)18(19)23-17-14(21-2)6-4-11(16(17)19)10-13(12)20;3-1(4)2(5)6;/h4-7,13,18H,8-10H2,1-3H3;(H,3,4)(H,5,6);1H2/t13-,18+,19+;;/m1../s1. The van der Waals surface area contributed by atoms with Crippen molar-refractivity contribution in [3.63, 3.8) is 0 Å². The number of carboxylic acid groups (broad SMARTS) is 2. The van der Waals surface area contributed by atoms with Gasteiger partial charge in [-0.15, -0.1) is 0 Å². The number of carbonyl (C=O) groups is 2. The molecule has 0 saturated carbocycles. The van der Waals surface area contributed by atoms with Crippen LogP contribution in [0.5, 0.6) is 11.5 Å². The average Bonchev–Trinajstić information content (AvgIpc) is 3.05. The molecule has 30 heavy (non-hydrogen) atoms. The molecule has 1 aromatic rings. The molecule has 2 heterocycles. The molecule has 162 valence electrons. The lowest BCUT2D eigenvalue weighted by atomic mass is 9.57. The minimum Gasteiger partial charge on any atom is -0.497 e. The monoisotopic (exact) mass is 419 g/mol. The summed E-state index contributed by atoms with van der Waals surface area (Å²) in [4.78, 5) is 20.7. The van der Waals surface area contributed by atoms with Gasteiger partial charge in [-0.3, -0.25) is 4.90 Å². The van der Waals surface area contributed by atoms with Gasteiger partial charge >= 0.3 is 11.9 Å². The first-order valence-electron chi connectivity index (χ1n) is 9.34. The minimum absolute atomic E-state index is 0. The van der Waals surface area contributed by atoms with Gasteiger partial charge in [-0.1, -0.05) is 12.1 Å². The first kappa shape index (κ1) is 21.7. The Kier molecular flexibility index (Phi) is 5.53. The highest BCUT2D eigenvalue weighted by molar-refractivity contribution is 6.27. The Morgan fingerprint density at radius 3 is 2.47 bits per heavy atom. The maximum Gasteiger partial charge on any atom is 0.414 e. The highest BCUT2D eigenvalue weighted by Crippen LogP contribution is 2.62. The Labute approximate surface area is 173 Å². The van der Waals surface area contributed by atoms with Crippen molar-refractivity contribution in [1.29, 1.82) is 0 Å². The second-order valence-electron chi connectivity index (χ2n) is 7.56. The Hall–Kier alpha value is -3.04. The minimum atomic E-state index is -1.82. The lowest BCUT2D eigenvalue weighted by Gasteiger charge is -2.52. The second-order valence-corrected chi connectivity index (χ2v) is 7.56. The third-order valence-corrected chi connectivity index (χ3v) is 6.34. The van der Waals surface area contributed by atoms with Crippen molar-refractivity contribution in [1.82, 2.24) is 4.90 Å². The van der Waals surface area contributed by atoms with Gasteiger partial charge in [0.05, 0.1) is 19.6 Å². The molecule has 2 aliphatic heterocycles. The largest absolute Gasteiger partial charge is 0.497 e. The van der Waals surface area contributed by atoms with Gasteiger partial charge in [0.25, 0.3) is 0 Å². The van der Waals surface area contributed by atoms with Crippen LogP contribution in [0, 0.1) is 0 Å². The molecule has 5 rings (SSSR count). The van der Waals surface area contributed by atoms with Crippen LogP contribution in [0.3, 0.4) is 0 Å². The summed E-state index contributed by atoms with van der Waals surface area (Å²) >= 11 is 0. The molecule has 9 nitrogen and oxygen atoms in total. The van der Waals surface area contributed by atoms with Crippen LogP contribution in [-0.2, 0) is 26.2 Å². The molecule has 4 aliphatic rings. The maximum absolute atomic E-state index is 9.10. The zero-order valence-corrected chi connectivity index (χ0v) is 17.0. The highest BCUT2D eigenvalue weighted by atomic mass is 16.6. The molecule has 1 fully saturated rings. The van der Waals surface area contributed by atoms with Gasteiger partial charge in [0, 0.05) is 11.6 Å². The lowest BCUT2D eigenvalue weighted by Crippen LogP contribution is -2.58. The molecule has 3 atom stereocenters. The quantitative estimate of drug-likeness (QED) is 0.670. The van der Waals surface area contributed by atoms with Gasteiger partial charge in [-0.2, -0.15) is 0 Å². The van der Waals surface area contributed by atoms with Crippen LogP contribution in [0.15, 0.2) is 35.6 Å². The number of piperidine rings is 1. The van der Waals surface area contributed by atoms with Crippen molar-refractivity contribution in [2.24, 2.45) is 0 Å². The fourth-order valence-electron chi connectivity index (χ4n) is 5.10. The van der Waals surface area contributed by atoms with Crippen molar-refractivity contribution in [2.75, 3.05) is 27.8 Å². The normalized spacial score (nSPS) is 27.0. The Morgan fingerprint density at radius 2 is 1.87 bits per heavy atom. The average molecular weight is 419 g/mol. The van der Waals surface area contributed by atoms with Crippen LogP contribution in [0.2, 0.25) is 0 Å². The molecule has 1 aromatic carbocycles. The van der Waals surface area contributed by atoms with E-state index in [0.717, 1.165) is 36.6 Å². The van der Waals surface area contributed by atoms with E-state index in [0.29, 0.717) is 6.04 Å². The van der Waals surface area contributed by atoms with Crippen molar-refractivity contribution < 1.29 is 39.5 Å². The molecule has 0 aromatic heterocycles. The third-order valence-electron chi connectivity index (χ3n) is 6.34. The number of likely N-dealkylation sites (N-methyl/N-ethyl adjacent to an activating group) is 1. The first-order chi connectivity index (χ1) is 13.8. The zero-order chi connectivity index (χ0) is 20.9. The van der Waals surface area contributed by atoms with Gasteiger partial charge in [-0.25, -0.2) is 9.59 Å². The van der Waals surface area contributed by atoms with Gasteiger partial charge in [0.2, 0.25) is 0 Å². The van der Waals surface area contributed by atoms with E-state index < -0.39 is 11.9 Å². The van der Waals surface area contributed by atoms with E-state index >= 15 is 0 Å². The van der Waals surface area contributed by atoms with Gasteiger partial charge in [0.15, 0.2) is 17.6 Å². The molecule has 0 radical (unpaired) electrons. The summed E-state index contributed by atoms with van der Waals surface area (Å²) in [6, 6.07) is 4.72. The van der Waals surface area contributed by atoms with Crippen molar-refractivity contribution in [2.45, 2.75) is 30.4 Å². The van der Waals surface area contributed by atoms with E-state index in [1.54, 1.807) is 14.2 Å². The maximum atomic E-state index is 9.10. The predicted octanol–water partition coefficient (Wildman–Crippen LogP) is 0.755. The van der Waals surface area contributed by atoms with Gasteiger partial charge in [0.1, 0.15) is 5.76 Å². The summed E-state index contributed by atoms with van der Waals surface area (Å²) in [5, 5.41) is 14.8. The number of allylic oxidation sites excluding steroid dienone is 2. The summed E-state index contributed by atoms with van der Waals surface area (Å²) in [6.07, 6.45) is 6.41. The number of hydrogen-bond donors (Lipinski definition) is 2. The van der Waals surface area contributed by atoms with Crippen LogP contribution < -0.4 is 9.47 Å². The smallest absolute Gasteiger partial charge is 0.414 e. The van der Waals surface area contributed by atoms with Crippen LogP contribution in [0.1, 0.15) is 17.5 Å². The lowest BCUT2D eigenvalue weighted by molar-refractivity contribution is -0.159. The predicted molar refractivity (Wildman–Crippen MR) is 106 cm³/mol. The molecular weight excluding hydrogens is 394 g/mol. The molecule has 0 amide bonds. The van der Waals surface area contributed by atoms with Crippen molar-refractivity contribution in [3.8, 4) is 11.5 Å². The molecule has 2 bridgehead atoms. The molecular formula is C21H25NO8. The van der Waals surface area contributed by atoms with Gasteiger partial charge in [-0.05, 0) is 49.7 Å². The number of aliphatic carboxylic acids is 2.